The molecule has 5 nitrogen and oxygen atoms in total. The van der Waals surface area contributed by atoms with Gasteiger partial charge in [0.2, 0.25) is 0 Å². The third kappa shape index (κ3) is 6.21. The van der Waals surface area contributed by atoms with Gasteiger partial charge in [-0.1, -0.05) is 77.8 Å². The molecule has 0 unspecified atom stereocenters. The highest BCUT2D eigenvalue weighted by Gasteiger charge is 2.41. The molecule has 1 saturated heterocycles. The van der Waals surface area contributed by atoms with E-state index in [0.29, 0.717) is 15.2 Å². The van der Waals surface area contributed by atoms with Gasteiger partial charge in [0.15, 0.2) is 5.13 Å². The van der Waals surface area contributed by atoms with Crippen LogP contribution in [0, 0.1) is 0 Å². The maximum Gasteiger partial charge on any atom is 0.268 e. The van der Waals surface area contributed by atoms with Gasteiger partial charge in [-0.2, -0.15) is 0 Å². The van der Waals surface area contributed by atoms with Crippen molar-refractivity contribution >= 4 is 45.6 Å². The van der Waals surface area contributed by atoms with Crippen LogP contribution in [0.15, 0.2) is 78.2 Å². The van der Waals surface area contributed by atoms with E-state index in [1.54, 1.807) is 5.01 Å². The van der Waals surface area contributed by atoms with Crippen molar-refractivity contribution in [1.82, 2.24) is 15.0 Å². The number of amides is 1. The molecule has 0 bridgehead atoms. The minimum Gasteiger partial charge on any atom is -0.375 e. The number of aromatic nitrogens is 1. The van der Waals surface area contributed by atoms with Crippen LogP contribution in [0.1, 0.15) is 58.4 Å². The summed E-state index contributed by atoms with van der Waals surface area (Å²) in [5, 5.41) is 7.82. The van der Waals surface area contributed by atoms with Gasteiger partial charge in [0.25, 0.3) is 5.91 Å². The van der Waals surface area contributed by atoms with Gasteiger partial charge >= 0.3 is 0 Å². The number of hydrogen-bond acceptors (Lipinski definition) is 5. The summed E-state index contributed by atoms with van der Waals surface area (Å²) in [5.41, 5.74) is 11.1. The molecular formula is C32H34Cl2N4OS. The van der Waals surface area contributed by atoms with Gasteiger partial charge in [0.05, 0.1) is 15.7 Å². The van der Waals surface area contributed by atoms with Crippen molar-refractivity contribution in [3.05, 3.63) is 116 Å². The molecule has 1 aromatic heterocycles. The highest BCUT2D eigenvalue weighted by atomic mass is 35.5. The monoisotopic (exact) mass is 592 g/mol. The van der Waals surface area contributed by atoms with Crippen LogP contribution in [-0.2, 0) is 18.3 Å². The quantitative estimate of drug-likeness (QED) is 0.202. The van der Waals surface area contributed by atoms with Gasteiger partial charge < -0.3 is 5.73 Å². The first kappa shape index (κ1) is 28.6. The van der Waals surface area contributed by atoms with Crippen molar-refractivity contribution in [1.29, 1.82) is 0 Å². The standard InChI is InChI=1S/C32H34Cl2N4OS/c1-37(38-19-17-32(18-20-38,25-12-3-2-4-13-25)29-22-40-31(35)36-29)30(39)26-14-8-7-11-24(26)10-6-5-9-23-15-16-27(33)28(34)21-23/h2-4,7-8,11-16,21-22H,5-6,9-10,17-20H2,1H3,(H2,35,36). The van der Waals surface area contributed by atoms with Gasteiger partial charge in [-0.25, -0.2) is 9.99 Å². The van der Waals surface area contributed by atoms with E-state index in [2.05, 4.69) is 40.7 Å². The Balaban J connectivity index is 1.23. The Morgan fingerprint density at radius 2 is 1.68 bits per heavy atom. The number of anilines is 1. The van der Waals surface area contributed by atoms with Crippen LogP contribution in [0.3, 0.4) is 0 Å². The van der Waals surface area contributed by atoms with E-state index < -0.39 is 0 Å². The molecule has 40 heavy (non-hydrogen) atoms. The Labute approximate surface area is 250 Å². The zero-order chi connectivity index (χ0) is 28.1. The number of hydrogen-bond donors (Lipinski definition) is 1. The predicted molar refractivity (Wildman–Crippen MR) is 166 cm³/mol. The van der Waals surface area contributed by atoms with Gasteiger partial charge in [0, 0.05) is 36.5 Å². The summed E-state index contributed by atoms with van der Waals surface area (Å²) < 4.78 is 0. The smallest absolute Gasteiger partial charge is 0.268 e. The fourth-order valence-electron chi connectivity index (χ4n) is 5.72. The van der Waals surface area contributed by atoms with E-state index in [-0.39, 0.29) is 11.3 Å². The molecule has 2 heterocycles. The molecule has 4 aromatic rings. The lowest BCUT2D eigenvalue weighted by Crippen LogP contribution is -2.51. The fraction of sp³-hybridized carbons (Fsp3) is 0.312. The van der Waals surface area contributed by atoms with Crippen molar-refractivity contribution in [3.8, 4) is 0 Å². The predicted octanol–water partition coefficient (Wildman–Crippen LogP) is 7.67. The number of nitrogen functional groups attached to an aromatic ring is 1. The van der Waals surface area contributed by atoms with Crippen LogP contribution in [0.5, 0.6) is 0 Å². The molecule has 5 rings (SSSR count). The number of nitrogens with two attached hydrogens (primary N) is 1. The second kappa shape index (κ2) is 12.7. The minimum absolute atomic E-state index is 0.0326. The van der Waals surface area contributed by atoms with E-state index in [9.17, 15) is 4.79 Å². The number of piperidine rings is 1. The molecule has 1 amide bonds. The van der Waals surface area contributed by atoms with E-state index >= 15 is 0 Å². The highest BCUT2D eigenvalue weighted by molar-refractivity contribution is 7.13. The number of aryl methyl sites for hydroxylation is 2. The maximum absolute atomic E-state index is 13.7. The van der Waals surface area contributed by atoms with Crippen LogP contribution in [-0.4, -0.2) is 41.0 Å². The number of benzene rings is 3. The summed E-state index contributed by atoms with van der Waals surface area (Å²) in [5.74, 6) is 0.0326. The van der Waals surface area contributed by atoms with Gasteiger partial charge in [-0.15, -0.1) is 11.3 Å². The van der Waals surface area contributed by atoms with Crippen LogP contribution >= 0.6 is 34.5 Å². The molecule has 0 radical (unpaired) electrons. The Morgan fingerprint density at radius 3 is 2.38 bits per heavy atom. The first-order valence-corrected chi connectivity index (χ1v) is 15.3. The average molecular weight is 594 g/mol. The molecule has 0 saturated carbocycles. The number of carbonyl (C=O) groups is 1. The maximum atomic E-state index is 13.7. The van der Waals surface area contributed by atoms with Gasteiger partial charge in [0.1, 0.15) is 0 Å². The third-order valence-corrected chi connectivity index (χ3v) is 9.46. The molecule has 0 spiro atoms. The molecule has 3 aromatic carbocycles. The van der Waals surface area contributed by atoms with Crippen LogP contribution in [0.25, 0.3) is 0 Å². The van der Waals surface area contributed by atoms with Crippen LogP contribution in [0.4, 0.5) is 5.13 Å². The van der Waals surface area contributed by atoms with Gasteiger partial charge in [-0.3, -0.25) is 9.80 Å². The lowest BCUT2D eigenvalue weighted by molar-refractivity contribution is -0.0154. The largest absolute Gasteiger partial charge is 0.375 e. The highest BCUT2D eigenvalue weighted by Crippen LogP contribution is 2.42. The van der Waals surface area contributed by atoms with E-state index in [0.717, 1.165) is 68.4 Å². The van der Waals surface area contributed by atoms with Crippen LogP contribution < -0.4 is 5.73 Å². The molecule has 1 fully saturated rings. The molecule has 1 aliphatic heterocycles. The number of thiazole rings is 1. The molecule has 8 heteroatoms. The van der Waals surface area contributed by atoms with Crippen molar-refractivity contribution in [2.75, 3.05) is 25.9 Å². The summed E-state index contributed by atoms with van der Waals surface area (Å²) >= 11 is 13.7. The SMILES string of the molecule is CN(C(=O)c1ccccc1CCCCc1ccc(Cl)c(Cl)c1)N1CCC(c2ccccc2)(c2csc(N)n2)CC1. The number of rotatable bonds is 9. The van der Waals surface area contributed by atoms with Crippen molar-refractivity contribution in [2.24, 2.45) is 0 Å². The second-order valence-electron chi connectivity index (χ2n) is 10.4. The lowest BCUT2D eigenvalue weighted by Gasteiger charge is -2.44. The number of carbonyl (C=O) groups excluding carboxylic acids is 1. The van der Waals surface area contributed by atoms with Crippen molar-refractivity contribution in [2.45, 2.75) is 43.9 Å². The van der Waals surface area contributed by atoms with E-state index in [1.807, 2.05) is 49.5 Å². The summed E-state index contributed by atoms with van der Waals surface area (Å²) in [4.78, 5) is 18.4. The lowest BCUT2D eigenvalue weighted by atomic mass is 9.71. The second-order valence-corrected chi connectivity index (χ2v) is 12.1. The first-order valence-electron chi connectivity index (χ1n) is 13.7. The average Bonchev–Trinajstić information content (AvgIpc) is 3.44. The zero-order valence-corrected chi connectivity index (χ0v) is 25.0. The normalized spacial score (nSPS) is 15.2. The molecular weight excluding hydrogens is 559 g/mol. The summed E-state index contributed by atoms with van der Waals surface area (Å²) in [6.45, 7) is 1.50. The number of hydrazine groups is 1. The zero-order valence-electron chi connectivity index (χ0n) is 22.7. The Hall–Kier alpha value is -2.90. The molecule has 2 N–H and O–H groups in total. The van der Waals surface area contributed by atoms with E-state index in [4.69, 9.17) is 33.9 Å². The molecule has 0 atom stereocenters. The van der Waals surface area contributed by atoms with Gasteiger partial charge in [-0.05, 0) is 73.4 Å². The minimum atomic E-state index is -0.206. The Bertz CT molecular complexity index is 1450. The summed E-state index contributed by atoms with van der Waals surface area (Å²) in [7, 11) is 1.89. The van der Waals surface area contributed by atoms with Crippen molar-refractivity contribution in [3.63, 3.8) is 0 Å². The summed E-state index contributed by atoms with van der Waals surface area (Å²) in [6, 6.07) is 24.3. The molecule has 208 valence electrons. The number of nitrogens with zero attached hydrogens (tertiary/aromatic N) is 3. The van der Waals surface area contributed by atoms with E-state index in [1.165, 1.54) is 22.5 Å². The fourth-order valence-corrected chi connectivity index (χ4v) is 6.71. The first-order chi connectivity index (χ1) is 19.4. The number of halogens is 2. The summed E-state index contributed by atoms with van der Waals surface area (Å²) in [6.07, 6.45) is 5.47. The Morgan fingerprint density at radius 1 is 0.975 bits per heavy atom. The van der Waals surface area contributed by atoms with Crippen LogP contribution in [0.2, 0.25) is 10.0 Å². The number of unbranched alkanes of at least 4 members (excludes halogenated alkanes) is 1. The third-order valence-electron chi connectivity index (χ3n) is 8.04. The molecule has 0 aliphatic carbocycles. The topological polar surface area (TPSA) is 62.5 Å². The molecule has 1 aliphatic rings. The Kier molecular flexibility index (Phi) is 9.11. The van der Waals surface area contributed by atoms with Crippen molar-refractivity contribution < 1.29 is 4.79 Å².